The lowest BCUT2D eigenvalue weighted by Gasteiger charge is -2.72. The fourth-order valence-corrected chi connectivity index (χ4v) is 14.2. The van der Waals surface area contributed by atoms with Crippen molar-refractivity contribution >= 4 is 41.8 Å². The van der Waals surface area contributed by atoms with Crippen molar-refractivity contribution < 1.29 is 14.3 Å². The molecular weight excluding hydrogens is 657 g/mol. The van der Waals surface area contributed by atoms with Crippen LogP contribution in [0.1, 0.15) is 122 Å². The van der Waals surface area contributed by atoms with Gasteiger partial charge in [0, 0.05) is 28.3 Å². The highest BCUT2D eigenvalue weighted by atomic mass is 32.2. The minimum Gasteiger partial charge on any atom is -0.465 e. The number of methoxy groups -OCH3 is 1. The second-order valence-corrected chi connectivity index (χ2v) is 19.9. The molecule has 5 aliphatic carbocycles. The Labute approximate surface area is 312 Å². The Kier molecular flexibility index (Phi) is 10.6. The first-order valence-electron chi connectivity index (χ1n) is 19.4. The van der Waals surface area contributed by atoms with Crippen molar-refractivity contribution in [3.05, 3.63) is 54.1 Å². The third-order valence-corrected chi connectivity index (χ3v) is 17.7. The topological polar surface area (TPSA) is 67.4 Å². The van der Waals surface area contributed by atoms with Crippen molar-refractivity contribution in [2.24, 2.45) is 45.3 Å². The number of benzene rings is 1. The third-order valence-electron chi connectivity index (χ3n) is 15.5. The van der Waals surface area contributed by atoms with Gasteiger partial charge < -0.3 is 15.4 Å². The van der Waals surface area contributed by atoms with Gasteiger partial charge in [-0.3, -0.25) is 4.79 Å². The molecule has 276 valence electrons. The fourth-order valence-electron chi connectivity index (χ4n) is 12.9. The van der Waals surface area contributed by atoms with E-state index in [4.69, 9.17) is 4.74 Å². The smallest absolute Gasteiger partial charge is 0.337 e. The molecule has 0 spiro atoms. The summed E-state index contributed by atoms with van der Waals surface area (Å²) < 4.78 is 5.20. The Morgan fingerprint density at radius 1 is 0.960 bits per heavy atom. The highest BCUT2D eigenvalue weighted by Gasteiger charge is 2.69. The Hall–Kier alpha value is -1.70. The molecule has 4 saturated carbocycles. The van der Waals surface area contributed by atoms with E-state index in [9.17, 15) is 9.59 Å². The van der Waals surface area contributed by atoms with Crippen molar-refractivity contribution in [1.29, 1.82) is 0 Å². The van der Waals surface area contributed by atoms with E-state index in [0.29, 0.717) is 46.6 Å². The zero-order chi connectivity index (χ0) is 36.2. The van der Waals surface area contributed by atoms with Crippen LogP contribution in [0.25, 0.3) is 5.57 Å². The molecule has 1 aliphatic heterocycles. The van der Waals surface area contributed by atoms with Gasteiger partial charge in [-0.1, -0.05) is 65.3 Å². The van der Waals surface area contributed by atoms with Crippen molar-refractivity contribution in [1.82, 2.24) is 10.6 Å². The van der Waals surface area contributed by atoms with E-state index in [1.54, 1.807) is 6.08 Å². The number of thioether (sulfide) groups is 1. The number of carbonyl (C=O) groups excluding carboxylic acids is 2. The van der Waals surface area contributed by atoms with Gasteiger partial charge in [0.2, 0.25) is 5.91 Å². The summed E-state index contributed by atoms with van der Waals surface area (Å²) in [5.74, 6) is 4.53. The fraction of sp³-hybridized carbons (Fsp3) is 0.721. The summed E-state index contributed by atoms with van der Waals surface area (Å²) in [6, 6.07) is 8.08. The molecule has 1 amide bonds. The summed E-state index contributed by atoms with van der Waals surface area (Å²) in [6.45, 7) is 19.5. The van der Waals surface area contributed by atoms with Crippen LogP contribution in [0.2, 0.25) is 0 Å². The van der Waals surface area contributed by atoms with Crippen LogP contribution in [0, 0.1) is 45.3 Å². The van der Waals surface area contributed by atoms with Gasteiger partial charge in [-0.2, -0.15) is 24.4 Å². The molecule has 7 rings (SSSR count). The molecule has 1 aromatic carbocycles. The third kappa shape index (κ3) is 6.15. The van der Waals surface area contributed by atoms with Crippen molar-refractivity contribution in [2.75, 3.05) is 31.7 Å². The van der Waals surface area contributed by atoms with Gasteiger partial charge in [0.1, 0.15) is 0 Å². The number of ether oxygens (including phenoxy) is 1. The van der Waals surface area contributed by atoms with E-state index < -0.39 is 0 Å². The quantitative estimate of drug-likeness (QED) is 0.108. The van der Waals surface area contributed by atoms with E-state index in [0.717, 1.165) is 37.3 Å². The number of fused-ring (bicyclic) bond motifs is 7. The second-order valence-electron chi connectivity index (χ2n) is 18.1. The molecule has 9 atom stereocenters. The maximum atomic E-state index is 13.4. The highest BCUT2D eigenvalue weighted by molar-refractivity contribution is 8.08. The van der Waals surface area contributed by atoms with Gasteiger partial charge in [-0.05, 0) is 133 Å². The number of nitrogens with one attached hydrogen (secondary N) is 2. The minimum absolute atomic E-state index is 0.0172. The Bertz CT molecular complexity index is 1480. The van der Waals surface area contributed by atoms with Crippen LogP contribution >= 0.6 is 24.4 Å². The summed E-state index contributed by atoms with van der Waals surface area (Å²) in [7, 11) is 1.44. The average Bonchev–Trinajstić information content (AvgIpc) is 3.74. The summed E-state index contributed by atoms with van der Waals surface area (Å²) in [5, 5.41) is 7.16. The van der Waals surface area contributed by atoms with Crippen LogP contribution in [0.5, 0.6) is 0 Å². The normalized spacial score (nSPS) is 40.7. The molecule has 0 aromatic heterocycles. The average molecular weight is 721 g/mol. The molecular formula is C43H64N2O3S2. The largest absolute Gasteiger partial charge is 0.465 e. The number of allylic oxidation sites excluding steroid dienone is 3. The SMILES string of the molecule is C=CC.COC(=O)c1ccc(C2=CC[C@@]3(C)C(CC[C@]4(C)C3CC[C@@H]3[C@H]5CCC[C@]5(NC(=O)CNC[C@@]5(CS)CS5)CC[C@]34C)C2(C)C)cc1. The van der Waals surface area contributed by atoms with Gasteiger partial charge in [-0.25, -0.2) is 4.79 Å². The van der Waals surface area contributed by atoms with E-state index in [-0.39, 0.29) is 33.0 Å². The first-order chi connectivity index (χ1) is 23.7. The van der Waals surface area contributed by atoms with Gasteiger partial charge in [0.05, 0.1) is 19.2 Å². The second kappa shape index (κ2) is 13.9. The van der Waals surface area contributed by atoms with Crippen LogP contribution in [0.15, 0.2) is 43.0 Å². The molecule has 1 aromatic rings. The van der Waals surface area contributed by atoms with Gasteiger partial charge in [0.15, 0.2) is 0 Å². The molecule has 2 unspecified atom stereocenters. The molecule has 6 aliphatic rings. The summed E-state index contributed by atoms with van der Waals surface area (Å²) in [4.78, 5) is 25.5. The number of esters is 1. The molecule has 5 nitrogen and oxygen atoms in total. The predicted octanol–water partition coefficient (Wildman–Crippen LogP) is 9.39. The lowest BCUT2D eigenvalue weighted by atomic mass is 9.33. The summed E-state index contributed by atoms with van der Waals surface area (Å²) in [6.07, 6.45) is 16.6. The van der Waals surface area contributed by atoms with Crippen LogP contribution in [0.3, 0.4) is 0 Å². The monoisotopic (exact) mass is 720 g/mol. The lowest BCUT2D eigenvalue weighted by Crippen LogP contribution is -2.68. The first-order valence-corrected chi connectivity index (χ1v) is 21.0. The number of hydrogen-bond acceptors (Lipinski definition) is 6. The Balaban J connectivity index is 0.00000139. The van der Waals surface area contributed by atoms with Gasteiger partial charge in [0.25, 0.3) is 0 Å². The lowest BCUT2D eigenvalue weighted by molar-refractivity contribution is -0.216. The van der Waals surface area contributed by atoms with Crippen LogP contribution in [-0.2, 0) is 9.53 Å². The number of hydrogen-bond donors (Lipinski definition) is 3. The predicted molar refractivity (Wildman–Crippen MR) is 213 cm³/mol. The molecule has 1 heterocycles. The van der Waals surface area contributed by atoms with E-state index in [1.165, 1.54) is 63.2 Å². The van der Waals surface area contributed by atoms with E-state index in [2.05, 4.69) is 82.7 Å². The van der Waals surface area contributed by atoms with Crippen molar-refractivity contribution in [2.45, 2.75) is 116 Å². The molecule has 1 saturated heterocycles. The maximum Gasteiger partial charge on any atom is 0.337 e. The van der Waals surface area contributed by atoms with Gasteiger partial charge >= 0.3 is 5.97 Å². The van der Waals surface area contributed by atoms with Crippen LogP contribution in [0.4, 0.5) is 0 Å². The zero-order valence-corrected chi connectivity index (χ0v) is 33.7. The number of amides is 1. The Morgan fingerprint density at radius 3 is 2.30 bits per heavy atom. The number of carbonyl (C=O) groups is 2. The Morgan fingerprint density at radius 2 is 1.66 bits per heavy atom. The van der Waals surface area contributed by atoms with Crippen molar-refractivity contribution in [3.63, 3.8) is 0 Å². The van der Waals surface area contributed by atoms with Gasteiger partial charge in [-0.15, -0.1) is 6.58 Å². The van der Waals surface area contributed by atoms with Crippen LogP contribution < -0.4 is 10.6 Å². The summed E-state index contributed by atoms with van der Waals surface area (Å²) in [5.41, 5.74) is 4.18. The van der Waals surface area contributed by atoms with Crippen LogP contribution in [-0.4, -0.2) is 53.9 Å². The number of rotatable bonds is 8. The molecule has 5 fully saturated rings. The first kappa shape index (κ1) is 38.0. The maximum absolute atomic E-state index is 13.4. The highest BCUT2D eigenvalue weighted by Crippen LogP contribution is 2.76. The standard InChI is InChI=1S/C40H58N2O3S2.C3H6/c1-35(2)28(26-9-11-27(12-10-26)34(44)45-6)15-18-36(3)31(35)16-19-38(5)32(36)14-13-29-30-8-7-17-40(30,21-20-37(29,38)4)42-33(43)22-41-23-39(24-46)25-47-39;1-3-2/h9-12,15,29-32,41,46H,7-8,13-14,16-25H2,1-6H3,(H,42,43);3H,1H2,2H3/t29-,30-,31?,32?,36+,37-,38-,39-,40+;/m1./s1. The van der Waals surface area contributed by atoms with E-state index in [1.807, 2.05) is 30.8 Å². The molecule has 2 N–H and O–H groups in total. The molecule has 50 heavy (non-hydrogen) atoms. The minimum atomic E-state index is -0.279. The zero-order valence-electron chi connectivity index (χ0n) is 32.0. The molecule has 7 heteroatoms. The molecule has 0 radical (unpaired) electrons. The van der Waals surface area contributed by atoms with E-state index >= 15 is 0 Å². The molecule has 0 bridgehead atoms. The summed E-state index contributed by atoms with van der Waals surface area (Å²) >= 11 is 6.48. The number of thiol groups is 1. The van der Waals surface area contributed by atoms with Crippen molar-refractivity contribution in [3.8, 4) is 0 Å².